The van der Waals surface area contributed by atoms with E-state index in [2.05, 4.69) is 32.3 Å². The number of H-pyrrole nitrogens is 1. The van der Waals surface area contributed by atoms with Gasteiger partial charge >= 0.3 is 0 Å². The molecular formula is C12H21N5O. The molecule has 6 heteroatoms. The number of rotatable bonds is 5. The first-order valence-corrected chi connectivity index (χ1v) is 6.68. The molecule has 0 unspecified atom stereocenters. The van der Waals surface area contributed by atoms with E-state index < -0.39 is 0 Å². The van der Waals surface area contributed by atoms with Gasteiger partial charge < -0.3 is 10.2 Å². The van der Waals surface area contributed by atoms with E-state index in [1.807, 2.05) is 0 Å². The number of hydrogen-bond donors (Lipinski definition) is 2. The molecule has 1 amide bonds. The van der Waals surface area contributed by atoms with Crippen molar-refractivity contribution in [1.82, 2.24) is 25.4 Å². The van der Waals surface area contributed by atoms with Crippen LogP contribution in [0.1, 0.15) is 43.2 Å². The van der Waals surface area contributed by atoms with Gasteiger partial charge in [0.2, 0.25) is 5.82 Å². The highest BCUT2D eigenvalue weighted by atomic mass is 16.2. The van der Waals surface area contributed by atoms with Crippen LogP contribution in [-0.2, 0) is 0 Å². The average molecular weight is 251 g/mol. The van der Waals surface area contributed by atoms with Crippen LogP contribution in [0, 0.1) is 0 Å². The highest BCUT2D eigenvalue weighted by molar-refractivity contribution is 5.90. The molecule has 1 aliphatic heterocycles. The lowest BCUT2D eigenvalue weighted by Crippen LogP contribution is -2.45. The van der Waals surface area contributed by atoms with Crippen LogP contribution in [0.4, 0.5) is 0 Å². The minimum atomic E-state index is -0.153. The maximum atomic E-state index is 11.8. The van der Waals surface area contributed by atoms with Gasteiger partial charge in [0.15, 0.2) is 0 Å². The Kier molecular flexibility index (Phi) is 4.69. The number of hydrogen-bond acceptors (Lipinski definition) is 4. The number of nitrogens with one attached hydrogen (secondary N) is 2. The van der Waals surface area contributed by atoms with Crippen molar-refractivity contribution in [2.45, 2.75) is 38.6 Å². The SMILES string of the molecule is CCCCN1CCC(NC(=O)c2ncn[nH]2)CC1. The Morgan fingerprint density at radius 1 is 1.56 bits per heavy atom. The van der Waals surface area contributed by atoms with Gasteiger partial charge in [-0.25, -0.2) is 4.98 Å². The first kappa shape index (κ1) is 13.0. The molecule has 1 fully saturated rings. The molecule has 1 saturated heterocycles. The summed E-state index contributed by atoms with van der Waals surface area (Å²) in [6.07, 6.45) is 5.88. The fourth-order valence-corrected chi connectivity index (χ4v) is 2.25. The van der Waals surface area contributed by atoms with Crippen LogP contribution in [0.3, 0.4) is 0 Å². The molecule has 2 N–H and O–H groups in total. The lowest BCUT2D eigenvalue weighted by atomic mass is 10.0. The molecule has 2 rings (SSSR count). The van der Waals surface area contributed by atoms with Crippen LogP contribution in [-0.4, -0.2) is 51.7 Å². The fourth-order valence-electron chi connectivity index (χ4n) is 2.25. The minimum absolute atomic E-state index is 0.153. The quantitative estimate of drug-likeness (QED) is 0.811. The van der Waals surface area contributed by atoms with Gasteiger partial charge in [0.05, 0.1) is 0 Å². The predicted octanol–water partition coefficient (Wildman–Crippen LogP) is 0.799. The lowest BCUT2D eigenvalue weighted by Gasteiger charge is -2.32. The van der Waals surface area contributed by atoms with Crippen LogP contribution in [0.2, 0.25) is 0 Å². The molecule has 0 saturated carbocycles. The van der Waals surface area contributed by atoms with Crippen molar-refractivity contribution in [3.8, 4) is 0 Å². The largest absolute Gasteiger partial charge is 0.347 e. The highest BCUT2D eigenvalue weighted by Crippen LogP contribution is 2.11. The Morgan fingerprint density at radius 2 is 2.33 bits per heavy atom. The Bertz CT molecular complexity index is 357. The molecule has 100 valence electrons. The molecule has 1 aliphatic rings. The molecule has 0 spiro atoms. The number of amides is 1. The summed E-state index contributed by atoms with van der Waals surface area (Å²) in [5.41, 5.74) is 0. The number of likely N-dealkylation sites (tertiary alicyclic amines) is 1. The maximum Gasteiger partial charge on any atom is 0.288 e. The van der Waals surface area contributed by atoms with E-state index in [0.29, 0.717) is 5.82 Å². The van der Waals surface area contributed by atoms with Crippen molar-refractivity contribution in [2.24, 2.45) is 0 Å². The number of aromatic nitrogens is 3. The van der Waals surface area contributed by atoms with Crippen LogP contribution in [0.5, 0.6) is 0 Å². The van der Waals surface area contributed by atoms with Crippen molar-refractivity contribution < 1.29 is 4.79 Å². The van der Waals surface area contributed by atoms with Gasteiger partial charge in [0.1, 0.15) is 6.33 Å². The molecular weight excluding hydrogens is 230 g/mol. The zero-order chi connectivity index (χ0) is 12.8. The Balaban J connectivity index is 1.72. The van der Waals surface area contributed by atoms with Crippen LogP contribution in [0.25, 0.3) is 0 Å². The van der Waals surface area contributed by atoms with Crippen LogP contribution < -0.4 is 5.32 Å². The van der Waals surface area contributed by atoms with E-state index in [9.17, 15) is 4.79 Å². The topological polar surface area (TPSA) is 73.9 Å². The normalized spacial score (nSPS) is 17.8. The Labute approximate surface area is 107 Å². The summed E-state index contributed by atoms with van der Waals surface area (Å²) >= 11 is 0. The van der Waals surface area contributed by atoms with Crippen molar-refractivity contribution in [2.75, 3.05) is 19.6 Å². The van der Waals surface area contributed by atoms with Crippen molar-refractivity contribution in [3.63, 3.8) is 0 Å². The number of unbranched alkanes of at least 4 members (excludes halogenated alkanes) is 1. The van der Waals surface area contributed by atoms with E-state index in [4.69, 9.17) is 0 Å². The molecule has 2 heterocycles. The number of carbonyl (C=O) groups excluding carboxylic acids is 1. The van der Waals surface area contributed by atoms with Gasteiger partial charge in [-0.1, -0.05) is 13.3 Å². The lowest BCUT2D eigenvalue weighted by molar-refractivity contribution is 0.0900. The zero-order valence-electron chi connectivity index (χ0n) is 10.9. The summed E-state index contributed by atoms with van der Waals surface area (Å²) in [4.78, 5) is 18.1. The molecule has 0 atom stereocenters. The third-order valence-corrected chi connectivity index (χ3v) is 3.38. The van der Waals surface area contributed by atoms with Crippen LogP contribution in [0.15, 0.2) is 6.33 Å². The number of piperidine rings is 1. The second-order valence-electron chi connectivity index (χ2n) is 4.78. The molecule has 0 aromatic carbocycles. The Hall–Kier alpha value is -1.43. The van der Waals surface area contributed by atoms with E-state index in [1.165, 1.54) is 25.7 Å². The third kappa shape index (κ3) is 3.53. The first-order valence-electron chi connectivity index (χ1n) is 6.68. The van der Waals surface area contributed by atoms with Crippen molar-refractivity contribution >= 4 is 5.91 Å². The third-order valence-electron chi connectivity index (χ3n) is 3.38. The van der Waals surface area contributed by atoms with Gasteiger partial charge in [0, 0.05) is 19.1 Å². The Morgan fingerprint density at radius 3 is 2.94 bits per heavy atom. The van der Waals surface area contributed by atoms with E-state index in [0.717, 1.165) is 25.9 Å². The molecule has 1 aromatic rings. The molecule has 0 bridgehead atoms. The summed E-state index contributed by atoms with van der Waals surface area (Å²) < 4.78 is 0. The maximum absolute atomic E-state index is 11.8. The van der Waals surface area contributed by atoms with Gasteiger partial charge in [-0.15, -0.1) is 0 Å². The van der Waals surface area contributed by atoms with E-state index in [1.54, 1.807) is 0 Å². The van der Waals surface area contributed by atoms with Gasteiger partial charge in [-0.3, -0.25) is 9.89 Å². The van der Waals surface area contributed by atoms with Crippen molar-refractivity contribution in [3.05, 3.63) is 12.2 Å². The summed E-state index contributed by atoms with van der Waals surface area (Å²) in [5.74, 6) is 0.142. The summed E-state index contributed by atoms with van der Waals surface area (Å²) in [7, 11) is 0. The second kappa shape index (κ2) is 6.49. The smallest absolute Gasteiger partial charge is 0.288 e. The molecule has 1 aromatic heterocycles. The van der Waals surface area contributed by atoms with Gasteiger partial charge in [0.25, 0.3) is 5.91 Å². The van der Waals surface area contributed by atoms with Crippen molar-refractivity contribution in [1.29, 1.82) is 0 Å². The van der Waals surface area contributed by atoms with E-state index in [-0.39, 0.29) is 11.9 Å². The number of aromatic amines is 1. The standard InChI is InChI=1S/C12H21N5O/c1-2-3-6-17-7-4-10(5-8-17)15-12(18)11-13-9-14-16-11/h9-10H,2-8H2,1H3,(H,15,18)(H,13,14,16). The summed E-state index contributed by atoms with van der Waals surface area (Å²) in [5, 5.41) is 9.26. The highest BCUT2D eigenvalue weighted by Gasteiger charge is 2.21. The predicted molar refractivity (Wildman–Crippen MR) is 68.2 cm³/mol. The second-order valence-corrected chi connectivity index (χ2v) is 4.78. The monoisotopic (exact) mass is 251 g/mol. The summed E-state index contributed by atoms with van der Waals surface area (Å²) in [6, 6.07) is 0.264. The molecule has 0 aliphatic carbocycles. The average Bonchev–Trinajstić information content (AvgIpc) is 2.92. The first-order chi connectivity index (χ1) is 8.79. The minimum Gasteiger partial charge on any atom is -0.347 e. The molecule has 18 heavy (non-hydrogen) atoms. The number of nitrogens with zero attached hydrogens (tertiary/aromatic N) is 3. The molecule has 6 nitrogen and oxygen atoms in total. The number of carbonyl (C=O) groups is 1. The summed E-state index contributed by atoms with van der Waals surface area (Å²) in [6.45, 7) is 5.53. The fraction of sp³-hybridized carbons (Fsp3) is 0.750. The van der Waals surface area contributed by atoms with Gasteiger partial charge in [-0.2, -0.15) is 5.10 Å². The van der Waals surface area contributed by atoms with Crippen LogP contribution >= 0.6 is 0 Å². The molecule has 0 radical (unpaired) electrons. The van der Waals surface area contributed by atoms with E-state index >= 15 is 0 Å². The van der Waals surface area contributed by atoms with Gasteiger partial charge in [-0.05, 0) is 25.8 Å². The zero-order valence-corrected chi connectivity index (χ0v) is 10.9.